The van der Waals surface area contributed by atoms with E-state index < -0.39 is 17.1 Å². The van der Waals surface area contributed by atoms with Gasteiger partial charge in [-0.25, -0.2) is 9.36 Å². The summed E-state index contributed by atoms with van der Waals surface area (Å²) in [5, 5.41) is 15.2. The maximum atomic E-state index is 12.3. The molecule has 156 valence electrons. The number of aromatic hydroxyl groups is 1. The number of aromatic amines is 1. The molecule has 0 radical (unpaired) electrons. The minimum absolute atomic E-state index is 0.113. The van der Waals surface area contributed by atoms with E-state index in [-0.39, 0.29) is 5.56 Å². The van der Waals surface area contributed by atoms with Crippen molar-refractivity contribution in [3.8, 4) is 11.6 Å². The molecule has 2 aromatic carbocycles. The van der Waals surface area contributed by atoms with E-state index in [0.29, 0.717) is 23.6 Å². The Labute approximate surface area is 177 Å². The smallest absolute Gasteiger partial charge is 0.335 e. The third-order valence-electron chi connectivity index (χ3n) is 4.98. The van der Waals surface area contributed by atoms with Gasteiger partial charge in [0.1, 0.15) is 11.3 Å². The molecular weight excluding hydrogens is 394 g/mol. The van der Waals surface area contributed by atoms with Crippen molar-refractivity contribution in [2.24, 2.45) is 4.99 Å². The molecule has 0 aliphatic heterocycles. The summed E-state index contributed by atoms with van der Waals surface area (Å²) in [5.74, 6) is -0.476. The van der Waals surface area contributed by atoms with Crippen LogP contribution >= 0.6 is 0 Å². The van der Waals surface area contributed by atoms with Crippen LogP contribution in [0.5, 0.6) is 5.88 Å². The Hall–Kier alpha value is -4.20. The average molecular weight is 415 g/mol. The van der Waals surface area contributed by atoms with Crippen molar-refractivity contribution < 1.29 is 5.11 Å². The SMILES string of the molecule is Cc1nn(Cc2ccccc2)c(C)c1N=Cc1c(O)n(-c2ccccc2)c(=O)[nH]c1=O. The standard InChI is InChI=1S/C23H21N5O3/c1-15-20(16(2)27(26-15)14-17-9-5-3-6-10-17)24-13-19-21(29)25-23(31)28(22(19)30)18-11-7-4-8-12-18/h3-13,30H,14H2,1-2H3,(H,25,29,31). The highest BCUT2D eigenvalue weighted by molar-refractivity contribution is 5.84. The third kappa shape index (κ3) is 3.95. The van der Waals surface area contributed by atoms with Gasteiger partial charge in [-0.2, -0.15) is 5.10 Å². The quantitative estimate of drug-likeness (QED) is 0.489. The summed E-state index contributed by atoms with van der Waals surface area (Å²) in [7, 11) is 0. The number of rotatable bonds is 5. The minimum Gasteiger partial charge on any atom is -0.493 e. The molecule has 0 aliphatic rings. The van der Waals surface area contributed by atoms with E-state index in [1.165, 1.54) is 6.21 Å². The zero-order valence-electron chi connectivity index (χ0n) is 17.1. The van der Waals surface area contributed by atoms with Crippen LogP contribution in [-0.2, 0) is 6.54 Å². The third-order valence-corrected chi connectivity index (χ3v) is 4.98. The van der Waals surface area contributed by atoms with E-state index in [1.807, 2.05) is 48.9 Å². The molecule has 0 saturated heterocycles. The zero-order chi connectivity index (χ0) is 22.0. The molecule has 4 rings (SSSR count). The number of aliphatic imine (C=N–C) groups is 1. The number of nitrogens with one attached hydrogen (secondary N) is 1. The Morgan fingerprint density at radius 3 is 2.35 bits per heavy atom. The van der Waals surface area contributed by atoms with Crippen LogP contribution in [0.4, 0.5) is 5.69 Å². The first-order valence-electron chi connectivity index (χ1n) is 9.71. The molecule has 4 aromatic rings. The van der Waals surface area contributed by atoms with Crippen LogP contribution in [0.15, 0.2) is 75.2 Å². The van der Waals surface area contributed by atoms with E-state index in [4.69, 9.17) is 0 Å². The van der Waals surface area contributed by atoms with Gasteiger partial charge in [0.25, 0.3) is 5.56 Å². The molecule has 0 unspecified atom stereocenters. The molecule has 31 heavy (non-hydrogen) atoms. The van der Waals surface area contributed by atoms with Crippen LogP contribution in [0.3, 0.4) is 0 Å². The average Bonchev–Trinajstić information content (AvgIpc) is 3.02. The highest BCUT2D eigenvalue weighted by Gasteiger charge is 2.15. The summed E-state index contributed by atoms with van der Waals surface area (Å²) < 4.78 is 2.87. The summed E-state index contributed by atoms with van der Waals surface area (Å²) >= 11 is 0. The Morgan fingerprint density at radius 1 is 1.03 bits per heavy atom. The fourth-order valence-corrected chi connectivity index (χ4v) is 3.39. The van der Waals surface area contributed by atoms with Crippen molar-refractivity contribution in [1.29, 1.82) is 0 Å². The van der Waals surface area contributed by atoms with Crippen LogP contribution < -0.4 is 11.2 Å². The Morgan fingerprint density at radius 2 is 1.68 bits per heavy atom. The fourth-order valence-electron chi connectivity index (χ4n) is 3.39. The van der Waals surface area contributed by atoms with E-state index in [1.54, 1.807) is 30.3 Å². The highest BCUT2D eigenvalue weighted by Crippen LogP contribution is 2.24. The molecule has 0 amide bonds. The molecule has 0 saturated carbocycles. The van der Waals surface area contributed by atoms with E-state index in [2.05, 4.69) is 15.1 Å². The second kappa shape index (κ2) is 8.27. The summed E-state index contributed by atoms with van der Waals surface area (Å²) in [6, 6.07) is 18.5. The second-order valence-corrected chi connectivity index (χ2v) is 7.09. The number of aromatic nitrogens is 4. The maximum absolute atomic E-state index is 12.3. The lowest BCUT2D eigenvalue weighted by Gasteiger charge is -2.09. The van der Waals surface area contributed by atoms with Gasteiger partial charge in [-0.05, 0) is 31.5 Å². The first-order valence-corrected chi connectivity index (χ1v) is 9.71. The van der Waals surface area contributed by atoms with Gasteiger partial charge in [-0.1, -0.05) is 48.5 Å². The van der Waals surface area contributed by atoms with Gasteiger partial charge in [0.05, 0.1) is 23.6 Å². The fraction of sp³-hybridized carbons (Fsp3) is 0.130. The normalized spacial score (nSPS) is 11.3. The van der Waals surface area contributed by atoms with Gasteiger partial charge in [0.15, 0.2) is 0 Å². The summed E-state index contributed by atoms with van der Waals surface area (Å²) in [4.78, 5) is 31.3. The summed E-state index contributed by atoms with van der Waals surface area (Å²) in [6.07, 6.45) is 1.26. The van der Waals surface area contributed by atoms with Gasteiger partial charge in [0.2, 0.25) is 5.88 Å². The molecule has 2 heterocycles. The van der Waals surface area contributed by atoms with Crippen molar-refractivity contribution in [3.05, 3.63) is 104 Å². The largest absolute Gasteiger partial charge is 0.493 e. The monoisotopic (exact) mass is 415 g/mol. The number of benzene rings is 2. The van der Waals surface area contributed by atoms with Gasteiger partial charge >= 0.3 is 5.69 Å². The number of H-pyrrole nitrogens is 1. The predicted octanol–water partition coefficient (Wildman–Crippen LogP) is 2.84. The van der Waals surface area contributed by atoms with E-state index >= 15 is 0 Å². The molecule has 0 aliphatic carbocycles. The van der Waals surface area contributed by atoms with Gasteiger partial charge < -0.3 is 5.11 Å². The number of aryl methyl sites for hydroxylation is 1. The molecule has 0 bridgehead atoms. The molecular formula is C23H21N5O3. The Balaban J connectivity index is 1.73. The lowest BCUT2D eigenvalue weighted by atomic mass is 10.2. The topological polar surface area (TPSA) is 105 Å². The summed E-state index contributed by atoms with van der Waals surface area (Å²) in [5.41, 5.74) is 2.10. The molecule has 0 fully saturated rings. The molecule has 8 heteroatoms. The summed E-state index contributed by atoms with van der Waals surface area (Å²) in [6.45, 7) is 4.31. The van der Waals surface area contributed by atoms with Crippen LogP contribution in [-0.4, -0.2) is 30.7 Å². The van der Waals surface area contributed by atoms with Gasteiger partial charge in [-0.3, -0.25) is 19.5 Å². The Bertz CT molecular complexity index is 1370. The van der Waals surface area contributed by atoms with E-state index in [0.717, 1.165) is 15.8 Å². The first kappa shape index (κ1) is 20.1. The highest BCUT2D eigenvalue weighted by atomic mass is 16.3. The van der Waals surface area contributed by atoms with Crippen LogP contribution in [0.1, 0.15) is 22.5 Å². The Kier molecular flexibility index (Phi) is 5.36. The molecule has 2 aromatic heterocycles. The van der Waals surface area contributed by atoms with E-state index in [9.17, 15) is 14.7 Å². The molecule has 0 spiro atoms. The molecule has 8 nitrogen and oxygen atoms in total. The van der Waals surface area contributed by atoms with Crippen LogP contribution in [0.25, 0.3) is 5.69 Å². The molecule has 2 N–H and O–H groups in total. The predicted molar refractivity (Wildman–Crippen MR) is 119 cm³/mol. The van der Waals surface area contributed by atoms with Gasteiger partial charge in [-0.15, -0.1) is 0 Å². The van der Waals surface area contributed by atoms with Crippen molar-refractivity contribution in [1.82, 2.24) is 19.3 Å². The number of nitrogens with zero attached hydrogens (tertiary/aromatic N) is 4. The van der Waals surface area contributed by atoms with Crippen molar-refractivity contribution in [2.75, 3.05) is 0 Å². The number of para-hydroxylation sites is 1. The maximum Gasteiger partial charge on any atom is 0.335 e. The molecule has 0 atom stereocenters. The van der Waals surface area contributed by atoms with Gasteiger partial charge in [0, 0.05) is 6.21 Å². The van der Waals surface area contributed by atoms with Crippen LogP contribution in [0.2, 0.25) is 0 Å². The van der Waals surface area contributed by atoms with Crippen LogP contribution in [0, 0.1) is 13.8 Å². The zero-order valence-corrected chi connectivity index (χ0v) is 17.1. The second-order valence-electron chi connectivity index (χ2n) is 7.09. The van der Waals surface area contributed by atoms with Crippen molar-refractivity contribution in [3.63, 3.8) is 0 Å². The lowest BCUT2D eigenvalue weighted by molar-refractivity contribution is 0.430. The van der Waals surface area contributed by atoms with Crippen molar-refractivity contribution >= 4 is 11.9 Å². The minimum atomic E-state index is -0.728. The first-order chi connectivity index (χ1) is 15.0. The lowest BCUT2D eigenvalue weighted by Crippen LogP contribution is -2.31. The van der Waals surface area contributed by atoms with Crippen molar-refractivity contribution in [2.45, 2.75) is 20.4 Å². The number of hydrogen-bond acceptors (Lipinski definition) is 5. The number of hydrogen-bond donors (Lipinski definition) is 2.